The van der Waals surface area contributed by atoms with Crippen LogP contribution in [0.1, 0.15) is 29.9 Å². The van der Waals surface area contributed by atoms with Crippen LogP contribution >= 0.6 is 11.3 Å². The van der Waals surface area contributed by atoms with E-state index in [4.69, 9.17) is 4.74 Å². The van der Waals surface area contributed by atoms with Gasteiger partial charge in [-0.2, -0.15) is 15.0 Å². The Kier molecular flexibility index (Phi) is 5.74. The Morgan fingerprint density at radius 2 is 2.14 bits per heavy atom. The van der Waals surface area contributed by atoms with Gasteiger partial charge in [0.05, 0.1) is 17.6 Å². The predicted molar refractivity (Wildman–Crippen MR) is 133 cm³/mol. The lowest BCUT2D eigenvalue weighted by molar-refractivity contribution is -0.120. The average Bonchev–Trinajstić information content (AvgIpc) is 3.53. The molecule has 0 saturated heterocycles. The predicted octanol–water partition coefficient (Wildman–Crippen LogP) is 1.47. The van der Waals surface area contributed by atoms with Crippen LogP contribution < -0.4 is 15.0 Å². The molecular weight excluding hydrogens is 482 g/mol. The number of aromatic nitrogens is 5. The van der Waals surface area contributed by atoms with Crippen molar-refractivity contribution >= 4 is 33.8 Å². The van der Waals surface area contributed by atoms with E-state index in [-0.39, 0.29) is 18.2 Å². The quantitative estimate of drug-likeness (QED) is 0.404. The highest BCUT2D eigenvalue weighted by Crippen LogP contribution is 2.31. The molecule has 3 aromatic heterocycles. The Balaban J connectivity index is 1.35. The summed E-state index contributed by atoms with van der Waals surface area (Å²) in [6.07, 6.45) is 3.25. The number of nitrogens with one attached hydrogen (secondary N) is 1. The van der Waals surface area contributed by atoms with Crippen molar-refractivity contribution in [1.82, 2.24) is 29.7 Å². The third-order valence-corrected chi connectivity index (χ3v) is 6.32. The molecule has 0 saturated carbocycles. The number of thiazole rings is 1. The normalized spacial score (nSPS) is 15.6. The summed E-state index contributed by atoms with van der Waals surface area (Å²) in [4.78, 5) is 34.1. The molecule has 36 heavy (non-hydrogen) atoms. The first-order valence-corrected chi connectivity index (χ1v) is 11.9. The molecule has 4 heterocycles. The SMILES string of the molecule is CN1C(=O)[C@@H](NC(=O)c2cn3c(-c4cnn(C)n4)csc3n2)COc2ccc(C#CC(C)(C)O)cc21. The fourth-order valence-corrected chi connectivity index (χ4v) is 4.54. The molecule has 0 aliphatic carbocycles. The van der Waals surface area contributed by atoms with Crippen LogP contribution in [0.5, 0.6) is 5.75 Å². The number of hydrogen-bond acceptors (Lipinski definition) is 8. The Hall–Kier alpha value is -4.21. The fraction of sp³-hybridized carbons (Fsp3) is 0.292. The van der Waals surface area contributed by atoms with Gasteiger partial charge in [-0.25, -0.2) is 4.98 Å². The molecule has 0 bridgehead atoms. The number of carbonyl (C=O) groups is 2. The van der Waals surface area contributed by atoms with E-state index >= 15 is 0 Å². The maximum absolute atomic E-state index is 13.2. The molecule has 4 aromatic rings. The highest BCUT2D eigenvalue weighted by Gasteiger charge is 2.31. The van der Waals surface area contributed by atoms with Gasteiger partial charge in [0, 0.05) is 31.2 Å². The number of imidazole rings is 1. The lowest BCUT2D eigenvalue weighted by atomic mass is 10.1. The fourth-order valence-electron chi connectivity index (χ4n) is 3.68. The van der Waals surface area contributed by atoms with Crippen LogP contribution in [-0.2, 0) is 11.8 Å². The van der Waals surface area contributed by atoms with Crippen LogP contribution in [0.4, 0.5) is 5.69 Å². The number of likely N-dealkylation sites (N-methyl/N-ethyl adjacent to an activating group) is 1. The Morgan fingerprint density at radius 3 is 2.86 bits per heavy atom. The smallest absolute Gasteiger partial charge is 0.272 e. The van der Waals surface area contributed by atoms with Crippen molar-refractivity contribution in [2.45, 2.75) is 25.5 Å². The number of nitrogens with zero attached hydrogens (tertiary/aromatic N) is 6. The van der Waals surface area contributed by atoms with Gasteiger partial charge in [0.2, 0.25) is 0 Å². The van der Waals surface area contributed by atoms with E-state index in [1.165, 1.54) is 21.0 Å². The Labute approximate surface area is 210 Å². The van der Waals surface area contributed by atoms with Crippen LogP contribution in [0.3, 0.4) is 0 Å². The highest BCUT2D eigenvalue weighted by atomic mass is 32.1. The van der Waals surface area contributed by atoms with Gasteiger partial charge in [0.25, 0.3) is 11.8 Å². The van der Waals surface area contributed by atoms with Gasteiger partial charge in [-0.3, -0.25) is 14.0 Å². The molecule has 12 heteroatoms. The van der Waals surface area contributed by atoms with E-state index in [0.717, 1.165) is 5.69 Å². The minimum atomic E-state index is -1.14. The van der Waals surface area contributed by atoms with Gasteiger partial charge in [-0.1, -0.05) is 11.8 Å². The Morgan fingerprint density at radius 1 is 1.33 bits per heavy atom. The van der Waals surface area contributed by atoms with Crippen molar-refractivity contribution < 1.29 is 19.4 Å². The molecule has 11 nitrogen and oxygen atoms in total. The van der Waals surface area contributed by atoms with Crippen LogP contribution in [0.25, 0.3) is 16.3 Å². The van der Waals surface area contributed by atoms with Crippen LogP contribution in [-0.4, -0.2) is 66.6 Å². The number of ether oxygens (including phenoxy) is 1. The molecule has 0 unspecified atom stereocenters. The number of amides is 2. The second-order valence-corrected chi connectivity index (χ2v) is 9.68. The van der Waals surface area contributed by atoms with Crippen molar-refractivity contribution in [3.8, 4) is 29.0 Å². The third-order valence-electron chi connectivity index (χ3n) is 5.48. The number of anilines is 1. The third kappa shape index (κ3) is 4.53. The monoisotopic (exact) mass is 505 g/mol. The topological polar surface area (TPSA) is 127 Å². The molecule has 0 fully saturated rings. The standard InChI is InChI=1S/C24H23N7O4S/c1-24(2,34)8-7-14-5-6-20-18(9-14)29(3)22(33)17(12-35-20)26-21(32)16-11-31-19(13-36-23(31)27-16)15-10-25-30(4)28-15/h5-6,9-11,13,17,34H,12H2,1-4H3,(H,26,32)/t17-/m0/s1. The molecule has 2 N–H and O–H groups in total. The van der Waals surface area contributed by atoms with Crippen LogP contribution in [0, 0.1) is 11.8 Å². The summed E-state index contributed by atoms with van der Waals surface area (Å²) in [6.45, 7) is 3.15. The summed E-state index contributed by atoms with van der Waals surface area (Å²) < 4.78 is 7.62. The first-order valence-electron chi connectivity index (χ1n) is 11.0. The maximum Gasteiger partial charge on any atom is 0.272 e. The number of benzene rings is 1. The highest BCUT2D eigenvalue weighted by molar-refractivity contribution is 7.15. The maximum atomic E-state index is 13.2. The van der Waals surface area contributed by atoms with Gasteiger partial charge in [-0.15, -0.1) is 11.3 Å². The lowest BCUT2D eigenvalue weighted by Crippen LogP contribution is -2.49. The van der Waals surface area contributed by atoms with E-state index in [0.29, 0.717) is 27.7 Å². The van der Waals surface area contributed by atoms with Crippen molar-refractivity contribution in [3.05, 3.63) is 47.2 Å². The van der Waals surface area contributed by atoms with Gasteiger partial charge in [0.1, 0.15) is 35.4 Å². The van der Waals surface area contributed by atoms with Crippen molar-refractivity contribution in [2.24, 2.45) is 7.05 Å². The van der Waals surface area contributed by atoms with Gasteiger partial charge >= 0.3 is 0 Å². The second kappa shape index (κ2) is 8.78. The number of aryl methyl sites for hydroxylation is 1. The molecule has 184 valence electrons. The molecule has 1 aliphatic rings. The summed E-state index contributed by atoms with van der Waals surface area (Å²) in [7, 11) is 3.34. The summed E-state index contributed by atoms with van der Waals surface area (Å²) in [5.74, 6) is 5.32. The zero-order valence-electron chi connectivity index (χ0n) is 20.0. The number of carbonyl (C=O) groups excluding carboxylic acids is 2. The average molecular weight is 506 g/mol. The minimum Gasteiger partial charge on any atom is -0.489 e. The van der Waals surface area contributed by atoms with Crippen molar-refractivity contribution in [1.29, 1.82) is 0 Å². The first-order chi connectivity index (χ1) is 17.1. The number of rotatable bonds is 3. The van der Waals surface area contributed by atoms with Gasteiger partial charge < -0.3 is 20.1 Å². The van der Waals surface area contributed by atoms with E-state index in [1.54, 1.807) is 62.9 Å². The zero-order chi connectivity index (χ0) is 25.6. The second-order valence-electron chi connectivity index (χ2n) is 8.84. The van der Waals surface area contributed by atoms with Crippen LogP contribution in [0.2, 0.25) is 0 Å². The largest absolute Gasteiger partial charge is 0.489 e. The molecule has 1 aliphatic heterocycles. The molecule has 1 atom stereocenters. The summed E-state index contributed by atoms with van der Waals surface area (Å²) >= 11 is 1.37. The number of aliphatic hydroxyl groups is 1. The van der Waals surface area contributed by atoms with E-state index < -0.39 is 17.6 Å². The number of fused-ring (bicyclic) bond motifs is 2. The summed E-state index contributed by atoms with van der Waals surface area (Å²) in [5.41, 5.74) is 1.60. The molecular formula is C24H23N7O4S. The van der Waals surface area contributed by atoms with Crippen molar-refractivity contribution in [3.63, 3.8) is 0 Å². The molecule has 2 amide bonds. The molecule has 0 spiro atoms. The summed E-state index contributed by atoms with van der Waals surface area (Å²) in [6, 6.07) is 4.27. The molecule has 0 radical (unpaired) electrons. The van der Waals surface area contributed by atoms with E-state index in [1.807, 2.05) is 5.38 Å². The zero-order valence-corrected chi connectivity index (χ0v) is 20.8. The van der Waals surface area contributed by atoms with Gasteiger partial charge in [0.15, 0.2) is 4.96 Å². The lowest BCUT2D eigenvalue weighted by Gasteiger charge is -2.20. The Bertz CT molecular complexity index is 1550. The first kappa shape index (κ1) is 23.5. The summed E-state index contributed by atoms with van der Waals surface area (Å²) in [5, 5.41) is 22.9. The van der Waals surface area contributed by atoms with E-state index in [9.17, 15) is 14.7 Å². The molecule has 1 aromatic carbocycles. The van der Waals surface area contributed by atoms with Crippen LogP contribution in [0.15, 0.2) is 36.0 Å². The van der Waals surface area contributed by atoms with Gasteiger partial charge in [-0.05, 0) is 32.0 Å². The van der Waals surface area contributed by atoms with E-state index in [2.05, 4.69) is 32.3 Å². The number of hydrogen-bond donors (Lipinski definition) is 2. The minimum absolute atomic E-state index is 0.0380. The molecule has 5 rings (SSSR count). The van der Waals surface area contributed by atoms with Crippen molar-refractivity contribution in [2.75, 3.05) is 18.6 Å².